The van der Waals surface area contributed by atoms with Gasteiger partial charge in [0.1, 0.15) is 24.7 Å². The number of ether oxygens (including phenoxy) is 2. The molecule has 3 nitrogen and oxygen atoms in total. The Morgan fingerprint density at radius 1 is 1.10 bits per heavy atom. The van der Waals surface area contributed by atoms with Crippen molar-refractivity contribution in [2.24, 2.45) is 0 Å². The first-order valence-electron chi connectivity index (χ1n) is 5.95. The Morgan fingerprint density at radius 2 is 1.85 bits per heavy atom. The van der Waals surface area contributed by atoms with Gasteiger partial charge in [0.05, 0.1) is 10.6 Å². The summed E-state index contributed by atoms with van der Waals surface area (Å²) in [6.07, 6.45) is 0.687. The van der Waals surface area contributed by atoms with Crippen LogP contribution in [0.5, 0.6) is 11.5 Å². The predicted molar refractivity (Wildman–Crippen MR) is 82.0 cm³/mol. The molecule has 0 saturated heterocycles. The number of hydrogen-bond acceptors (Lipinski definition) is 3. The molecule has 0 unspecified atom stereocenters. The van der Waals surface area contributed by atoms with Crippen molar-refractivity contribution in [2.75, 3.05) is 13.2 Å². The molecular formula is C15H12BrClO3. The largest absolute Gasteiger partial charge is 0.490 e. The standard InChI is InChI=1S/C15H12BrClO3/c16-11-3-1-4-12(9-11)19-7-8-20-15-6-2-5-14(17)13(15)10-18/h1-6,9-10H,7-8H2. The third-order valence-corrected chi connectivity index (χ3v) is 3.36. The fourth-order valence-corrected chi connectivity index (χ4v) is 2.21. The van der Waals surface area contributed by atoms with Crippen LogP contribution in [0.3, 0.4) is 0 Å². The Morgan fingerprint density at radius 3 is 2.60 bits per heavy atom. The van der Waals surface area contributed by atoms with Crippen LogP contribution in [0.1, 0.15) is 10.4 Å². The quantitative estimate of drug-likeness (QED) is 0.570. The summed E-state index contributed by atoms with van der Waals surface area (Å²) >= 11 is 9.28. The maximum Gasteiger partial charge on any atom is 0.155 e. The molecule has 0 fully saturated rings. The highest BCUT2D eigenvalue weighted by Gasteiger charge is 2.06. The number of rotatable bonds is 6. The van der Waals surface area contributed by atoms with Gasteiger partial charge < -0.3 is 9.47 Å². The molecule has 0 heterocycles. The summed E-state index contributed by atoms with van der Waals surface area (Å²) in [5, 5.41) is 0.380. The molecule has 0 aliphatic heterocycles. The Labute approximate surface area is 130 Å². The lowest BCUT2D eigenvalue weighted by Crippen LogP contribution is -2.10. The minimum Gasteiger partial charge on any atom is -0.490 e. The zero-order valence-electron chi connectivity index (χ0n) is 10.5. The van der Waals surface area contributed by atoms with E-state index in [0.717, 1.165) is 10.2 Å². The smallest absolute Gasteiger partial charge is 0.155 e. The normalized spacial score (nSPS) is 10.1. The molecule has 0 radical (unpaired) electrons. The van der Waals surface area contributed by atoms with Crippen molar-refractivity contribution in [3.63, 3.8) is 0 Å². The van der Waals surface area contributed by atoms with Crippen molar-refractivity contribution in [3.8, 4) is 11.5 Å². The van der Waals surface area contributed by atoms with Gasteiger partial charge in [0.15, 0.2) is 6.29 Å². The monoisotopic (exact) mass is 354 g/mol. The van der Waals surface area contributed by atoms with Crippen LogP contribution in [-0.4, -0.2) is 19.5 Å². The minimum atomic E-state index is 0.327. The second-order valence-corrected chi connectivity index (χ2v) is 5.25. The van der Waals surface area contributed by atoms with Crippen LogP contribution in [0.2, 0.25) is 5.02 Å². The lowest BCUT2D eigenvalue weighted by Gasteiger charge is -2.10. The van der Waals surface area contributed by atoms with Crippen LogP contribution < -0.4 is 9.47 Å². The van der Waals surface area contributed by atoms with E-state index in [1.165, 1.54) is 0 Å². The molecule has 0 N–H and O–H groups in total. The maximum absolute atomic E-state index is 10.9. The number of aldehydes is 1. The van der Waals surface area contributed by atoms with Crippen molar-refractivity contribution in [1.29, 1.82) is 0 Å². The van der Waals surface area contributed by atoms with E-state index >= 15 is 0 Å². The second kappa shape index (κ2) is 7.31. The molecule has 0 aromatic heterocycles. The van der Waals surface area contributed by atoms with Crippen molar-refractivity contribution in [2.45, 2.75) is 0 Å². The SMILES string of the molecule is O=Cc1c(Cl)cccc1OCCOc1cccc(Br)c1. The van der Waals surface area contributed by atoms with Gasteiger partial charge in [-0.2, -0.15) is 0 Å². The van der Waals surface area contributed by atoms with Gasteiger partial charge in [0.2, 0.25) is 0 Å². The number of carbonyl (C=O) groups excluding carboxylic acids is 1. The highest BCUT2D eigenvalue weighted by Crippen LogP contribution is 2.24. The lowest BCUT2D eigenvalue weighted by molar-refractivity contribution is 0.111. The third-order valence-electron chi connectivity index (χ3n) is 2.54. The van der Waals surface area contributed by atoms with E-state index < -0.39 is 0 Å². The van der Waals surface area contributed by atoms with E-state index in [1.807, 2.05) is 24.3 Å². The highest BCUT2D eigenvalue weighted by molar-refractivity contribution is 9.10. The van der Waals surface area contributed by atoms with Gasteiger partial charge in [0.25, 0.3) is 0 Å². The van der Waals surface area contributed by atoms with Crippen LogP contribution in [0, 0.1) is 0 Å². The van der Waals surface area contributed by atoms with Crippen molar-refractivity contribution < 1.29 is 14.3 Å². The molecule has 0 aliphatic rings. The first kappa shape index (κ1) is 14.9. The van der Waals surface area contributed by atoms with Gasteiger partial charge in [-0.05, 0) is 30.3 Å². The Hall–Kier alpha value is -1.52. The van der Waals surface area contributed by atoms with Gasteiger partial charge in [-0.3, -0.25) is 4.79 Å². The molecule has 104 valence electrons. The van der Waals surface area contributed by atoms with Gasteiger partial charge in [-0.15, -0.1) is 0 Å². The second-order valence-electron chi connectivity index (χ2n) is 3.92. The van der Waals surface area contributed by atoms with Gasteiger partial charge in [-0.25, -0.2) is 0 Å². The molecule has 0 amide bonds. The summed E-state index contributed by atoms with van der Waals surface area (Å²) in [5.41, 5.74) is 0.358. The Bertz CT molecular complexity index is 601. The van der Waals surface area contributed by atoms with Gasteiger partial charge in [-0.1, -0.05) is 39.7 Å². The van der Waals surface area contributed by atoms with E-state index in [1.54, 1.807) is 18.2 Å². The first-order valence-corrected chi connectivity index (χ1v) is 7.12. The van der Waals surface area contributed by atoms with Crippen LogP contribution in [0.25, 0.3) is 0 Å². The summed E-state index contributed by atoms with van der Waals surface area (Å²) in [6, 6.07) is 12.6. The molecule has 0 aliphatic carbocycles. The van der Waals surface area contributed by atoms with Gasteiger partial charge in [0, 0.05) is 4.47 Å². The van der Waals surface area contributed by atoms with E-state index in [0.29, 0.717) is 35.8 Å². The molecule has 0 spiro atoms. The number of halogens is 2. The fraction of sp³-hybridized carbons (Fsp3) is 0.133. The molecule has 2 aromatic carbocycles. The molecule has 2 rings (SSSR count). The molecule has 0 saturated carbocycles. The topological polar surface area (TPSA) is 35.5 Å². The van der Waals surface area contributed by atoms with E-state index in [2.05, 4.69) is 15.9 Å². The molecule has 2 aromatic rings. The third kappa shape index (κ3) is 3.99. The average molecular weight is 356 g/mol. The summed E-state index contributed by atoms with van der Waals surface area (Å²) in [7, 11) is 0. The summed E-state index contributed by atoms with van der Waals surface area (Å²) in [4.78, 5) is 10.9. The Balaban J connectivity index is 1.87. The van der Waals surface area contributed by atoms with Crippen molar-refractivity contribution in [1.82, 2.24) is 0 Å². The highest BCUT2D eigenvalue weighted by atomic mass is 79.9. The number of benzene rings is 2. The summed E-state index contributed by atoms with van der Waals surface area (Å²) < 4.78 is 12.0. The average Bonchev–Trinajstić information content (AvgIpc) is 2.44. The number of hydrogen-bond donors (Lipinski definition) is 0. The zero-order valence-corrected chi connectivity index (χ0v) is 12.9. The first-order chi connectivity index (χ1) is 9.70. The zero-order chi connectivity index (χ0) is 14.4. The summed E-state index contributed by atoms with van der Waals surface area (Å²) in [5.74, 6) is 1.22. The van der Waals surface area contributed by atoms with Crippen molar-refractivity contribution in [3.05, 3.63) is 57.5 Å². The maximum atomic E-state index is 10.9. The fourth-order valence-electron chi connectivity index (χ4n) is 1.63. The minimum absolute atomic E-state index is 0.327. The molecule has 20 heavy (non-hydrogen) atoms. The molecular weight excluding hydrogens is 344 g/mol. The molecule has 0 bridgehead atoms. The van der Waals surface area contributed by atoms with Crippen molar-refractivity contribution >= 4 is 33.8 Å². The van der Waals surface area contributed by atoms with Gasteiger partial charge >= 0.3 is 0 Å². The van der Waals surface area contributed by atoms with Crippen LogP contribution in [0.15, 0.2) is 46.9 Å². The van der Waals surface area contributed by atoms with E-state index in [-0.39, 0.29) is 0 Å². The van der Waals surface area contributed by atoms with Crippen LogP contribution in [0.4, 0.5) is 0 Å². The van der Waals surface area contributed by atoms with E-state index in [4.69, 9.17) is 21.1 Å². The summed E-state index contributed by atoms with van der Waals surface area (Å²) in [6.45, 7) is 0.703. The molecule has 5 heteroatoms. The number of carbonyl (C=O) groups is 1. The van der Waals surface area contributed by atoms with Crippen LogP contribution >= 0.6 is 27.5 Å². The molecule has 0 atom stereocenters. The van der Waals surface area contributed by atoms with Crippen LogP contribution in [-0.2, 0) is 0 Å². The lowest BCUT2D eigenvalue weighted by atomic mass is 10.2. The Kier molecular flexibility index (Phi) is 5.44. The van der Waals surface area contributed by atoms with E-state index in [9.17, 15) is 4.79 Å². The predicted octanol–water partition coefficient (Wildman–Crippen LogP) is 4.37.